The first-order chi connectivity index (χ1) is 7.02. The van der Waals surface area contributed by atoms with Crippen LogP contribution in [0.3, 0.4) is 0 Å². The number of nitrogens with one attached hydrogen (secondary N) is 1. The summed E-state index contributed by atoms with van der Waals surface area (Å²) in [5.74, 6) is -2.51. The highest BCUT2D eigenvalue weighted by Crippen LogP contribution is 2.09. The third-order valence-corrected chi connectivity index (χ3v) is 1.88. The third-order valence-electron chi connectivity index (χ3n) is 0.914. The van der Waals surface area contributed by atoms with Gasteiger partial charge >= 0.3 is 11.9 Å². The van der Waals surface area contributed by atoms with E-state index in [1.54, 1.807) is 6.08 Å². The average molecular weight is 250 g/mol. The monoisotopic (exact) mass is 249 g/mol. The van der Waals surface area contributed by atoms with Crippen LogP contribution >= 0.6 is 23.5 Å². The first kappa shape index (κ1) is 13.6. The summed E-state index contributed by atoms with van der Waals surface area (Å²) in [6.07, 6.45) is 4.81. The third kappa shape index (κ3) is 10.5. The summed E-state index contributed by atoms with van der Waals surface area (Å²) >= 11 is 6.97. The summed E-state index contributed by atoms with van der Waals surface area (Å²) < 4.78 is 2.84. The Labute approximate surface area is 95.2 Å². The molecule has 0 unspecified atom stereocenters. The summed E-state index contributed by atoms with van der Waals surface area (Å²) in [6.45, 7) is 0. The molecule has 0 aromatic heterocycles. The van der Waals surface area contributed by atoms with Crippen molar-refractivity contribution in [3.05, 3.63) is 34.9 Å². The van der Waals surface area contributed by atoms with Crippen molar-refractivity contribution in [2.24, 2.45) is 0 Å². The lowest BCUT2D eigenvalue weighted by Crippen LogP contribution is -1.96. The van der Waals surface area contributed by atoms with Gasteiger partial charge in [0, 0.05) is 12.2 Å². The molecule has 7 heteroatoms. The van der Waals surface area contributed by atoms with Crippen LogP contribution in [-0.2, 0) is 9.59 Å². The molecule has 3 N–H and O–H groups in total. The Balaban J connectivity index is 0.000000262. The van der Waals surface area contributed by atoms with Gasteiger partial charge in [-0.2, -0.15) is 0 Å². The van der Waals surface area contributed by atoms with E-state index in [9.17, 15) is 9.59 Å². The fourth-order valence-corrected chi connectivity index (χ4v) is 1.04. The lowest BCUT2D eigenvalue weighted by atomic mass is 10.5. The fraction of sp³-hybridized carbons (Fsp3) is 0. The molecule has 0 saturated heterocycles. The van der Waals surface area contributed by atoms with Gasteiger partial charge in [0.25, 0.3) is 0 Å². The van der Waals surface area contributed by atoms with E-state index >= 15 is 0 Å². The molecule has 1 aliphatic heterocycles. The van der Waals surface area contributed by atoms with Crippen LogP contribution in [0, 0.1) is 0 Å². The second kappa shape index (κ2) is 7.95. The second-order valence-corrected chi connectivity index (χ2v) is 3.19. The van der Waals surface area contributed by atoms with Gasteiger partial charge in [-0.15, -0.1) is 0 Å². The molecule has 5 nitrogen and oxygen atoms in total. The van der Waals surface area contributed by atoms with Crippen molar-refractivity contribution in [1.29, 1.82) is 0 Å². The lowest BCUT2D eigenvalue weighted by molar-refractivity contribution is -0.134. The second-order valence-electron chi connectivity index (χ2n) is 2.07. The fourth-order valence-electron chi connectivity index (χ4n) is 0.430. The van der Waals surface area contributed by atoms with Crippen LogP contribution in [0.1, 0.15) is 0 Å². The van der Waals surface area contributed by atoms with Crippen LogP contribution in [0.2, 0.25) is 0 Å². The Morgan fingerprint density at radius 3 is 2.07 bits per heavy atom. The van der Waals surface area contributed by atoms with E-state index in [2.05, 4.69) is 4.72 Å². The predicted molar refractivity (Wildman–Crippen MR) is 58.2 cm³/mol. The Morgan fingerprint density at radius 2 is 1.87 bits per heavy atom. The van der Waals surface area contributed by atoms with Crippen molar-refractivity contribution in [2.75, 3.05) is 0 Å². The molecule has 0 radical (unpaired) electrons. The summed E-state index contributed by atoms with van der Waals surface area (Å²) in [6, 6.07) is 0. The van der Waals surface area contributed by atoms with Gasteiger partial charge < -0.3 is 14.9 Å². The summed E-state index contributed by atoms with van der Waals surface area (Å²) in [5.41, 5.74) is 0. The quantitative estimate of drug-likeness (QED) is 0.391. The van der Waals surface area contributed by atoms with E-state index in [0.29, 0.717) is 17.3 Å². The van der Waals surface area contributed by atoms with Crippen molar-refractivity contribution in [1.82, 2.24) is 4.72 Å². The van der Waals surface area contributed by atoms with E-state index in [1.807, 2.05) is 11.5 Å². The molecular formula is C8H8ClNO4S. The smallest absolute Gasteiger partial charge is 0.328 e. The largest absolute Gasteiger partial charge is 0.478 e. The molecule has 0 aromatic rings. The zero-order valence-corrected chi connectivity index (χ0v) is 8.96. The van der Waals surface area contributed by atoms with Crippen molar-refractivity contribution in [2.45, 2.75) is 0 Å². The number of aliphatic carboxylic acids is 2. The number of hydrogen-bond acceptors (Lipinski definition) is 4. The number of carbonyl (C=O) groups is 2. The van der Waals surface area contributed by atoms with Gasteiger partial charge in [-0.05, 0) is 23.4 Å². The van der Waals surface area contributed by atoms with E-state index in [1.165, 1.54) is 11.9 Å². The van der Waals surface area contributed by atoms with Crippen molar-refractivity contribution >= 4 is 35.5 Å². The molecule has 1 heterocycles. The van der Waals surface area contributed by atoms with Gasteiger partial charge in [0.1, 0.15) is 5.16 Å². The normalized spacial score (nSPS) is 13.5. The molecule has 1 aliphatic rings. The highest BCUT2D eigenvalue weighted by atomic mass is 35.5. The molecule has 82 valence electrons. The zero-order chi connectivity index (χ0) is 11.7. The highest BCUT2D eigenvalue weighted by Gasteiger charge is 1.89. The topological polar surface area (TPSA) is 86.6 Å². The van der Waals surface area contributed by atoms with Crippen molar-refractivity contribution in [3.8, 4) is 0 Å². The SMILES string of the molecule is ClC1=CC=CSN1.O=C(O)/C=C/C(=O)O. The van der Waals surface area contributed by atoms with Crippen molar-refractivity contribution < 1.29 is 19.8 Å². The van der Waals surface area contributed by atoms with Gasteiger partial charge in [-0.25, -0.2) is 9.59 Å². The van der Waals surface area contributed by atoms with Gasteiger partial charge in [0.2, 0.25) is 0 Å². The number of rotatable bonds is 2. The average Bonchev–Trinajstić information content (AvgIpc) is 2.17. The van der Waals surface area contributed by atoms with Crippen LogP contribution < -0.4 is 4.72 Å². The molecule has 0 fully saturated rings. The minimum Gasteiger partial charge on any atom is -0.478 e. The summed E-state index contributed by atoms with van der Waals surface area (Å²) in [7, 11) is 0. The van der Waals surface area contributed by atoms with Crippen molar-refractivity contribution in [3.63, 3.8) is 0 Å². The minimum atomic E-state index is -1.26. The molecule has 1 rings (SSSR count). The standard InChI is InChI=1S/C4H4ClNS.C4H4O4/c5-4-2-1-3-7-6-4;5-3(6)1-2-4(7)8/h1-3,6H;1-2H,(H,5,6)(H,7,8)/b;2-1+. The van der Waals surface area contributed by atoms with E-state index in [0.717, 1.165) is 0 Å². The number of carboxylic acid groups (broad SMARTS) is 2. The first-order valence-corrected chi connectivity index (χ1v) is 4.86. The lowest BCUT2D eigenvalue weighted by Gasteiger charge is -2.00. The maximum Gasteiger partial charge on any atom is 0.328 e. The summed E-state index contributed by atoms with van der Waals surface area (Å²) in [4.78, 5) is 19.1. The van der Waals surface area contributed by atoms with E-state index in [4.69, 9.17) is 21.8 Å². The van der Waals surface area contributed by atoms with Crippen LogP contribution in [0.5, 0.6) is 0 Å². The number of hydrogen-bond donors (Lipinski definition) is 3. The van der Waals surface area contributed by atoms with Crippen LogP contribution in [0.25, 0.3) is 0 Å². The van der Waals surface area contributed by atoms with Gasteiger partial charge in [-0.1, -0.05) is 17.7 Å². The van der Waals surface area contributed by atoms with E-state index in [-0.39, 0.29) is 0 Å². The Hall–Kier alpha value is -1.40. The Bertz CT molecular complexity index is 309. The molecule has 0 aromatic carbocycles. The molecule has 0 saturated carbocycles. The van der Waals surface area contributed by atoms with Gasteiger partial charge in [-0.3, -0.25) is 0 Å². The number of allylic oxidation sites excluding steroid dienone is 2. The zero-order valence-electron chi connectivity index (χ0n) is 7.38. The molecular weight excluding hydrogens is 242 g/mol. The molecule has 0 aliphatic carbocycles. The van der Waals surface area contributed by atoms with Gasteiger partial charge in [0.15, 0.2) is 0 Å². The van der Waals surface area contributed by atoms with Crippen LogP contribution in [0.15, 0.2) is 34.9 Å². The highest BCUT2D eigenvalue weighted by molar-refractivity contribution is 8.00. The van der Waals surface area contributed by atoms with E-state index < -0.39 is 11.9 Å². The maximum atomic E-state index is 9.55. The molecule has 0 spiro atoms. The predicted octanol–water partition coefficient (Wildman–Crippen LogP) is 1.54. The van der Waals surface area contributed by atoms with Crippen LogP contribution in [0.4, 0.5) is 0 Å². The minimum absolute atomic E-state index is 0.558. The molecule has 0 amide bonds. The Kier molecular flexibility index (Phi) is 7.21. The number of halogens is 1. The molecule has 0 bridgehead atoms. The van der Waals surface area contributed by atoms with Gasteiger partial charge in [0.05, 0.1) is 0 Å². The first-order valence-electron chi connectivity index (χ1n) is 3.60. The Morgan fingerprint density at radius 1 is 1.33 bits per heavy atom. The number of carboxylic acids is 2. The van der Waals surface area contributed by atoms with Crippen LogP contribution in [-0.4, -0.2) is 22.2 Å². The molecule has 0 atom stereocenters. The molecule has 15 heavy (non-hydrogen) atoms. The summed E-state index contributed by atoms with van der Waals surface area (Å²) in [5, 5.41) is 18.2. The maximum absolute atomic E-state index is 9.55.